The molecule has 0 saturated carbocycles. The molecule has 4 aliphatic rings. The summed E-state index contributed by atoms with van der Waals surface area (Å²) in [5.41, 5.74) is 15.2. The fraction of sp³-hybridized carbons (Fsp3) is 0.182. The maximum absolute atomic E-state index is 5.24. The number of benzene rings is 3. The van der Waals surface area contributed by atoms with E-state index in [-0.39, 0.29) is 11.3 Å². The Morgan fingerprint density at radius 3 is 2.49 bits per heavy atom. The molecule has 3 heteroatoms. The Balaban J connectivity index is 1.19. The van der Waals surface area contributed by atoms with Crippen LogP contribution >= 0.6 is 0 Å². The van der Waals surface area contributed by atoms with Gasteiger partial charge in [0.2, 0.25) is 0 Å². The van der Waals surface area contributed by atoms with Crippen molar-refractivity contribution >= 4 is 33.8 Å². The molecule has 4 aliphatic carbocycles. The van der Waals surface area contributed by atoms with Crippen LogP contribution in [0.15, 0.2) is 133 Å². The number of aromatic nitrogens is 3. The Kier molecular flexibility index (Phi) is 6.50. The summed E-state index contributed by atoms with van der Waals surface area (Å²) in [5, 5.41) is 1.31. The van der Waals surface area contributed by atoms with E-state index in [1.807, 2.05) is 0 Å². The Morgan fingerprint density at radius 1 is 0.809 bits per heavy atom. The second kappa shape index (κ2) is 10.9. The van der Waals surface area contributed by atoms with Crippen LogP contribution in [0.3, 0.4) is 0 Å². The van der Waals surface area contributed by atoms with Gasteiger partial charge in [0.25, 0.3) is 0 Å². The van der Waals surface area contributed by atoms with E-state index in [1.54, 1.807) is 0 Å². The Morgan fingerprint density at radius 2 is 1.62 bits per heavy atom. The first kappa shape index (κ1) is 28.0. The fourth-order valence-corrected chi connectivity index (χ4v) is 8.10. The first-order valence-electron chi connectivity index (χ1n) is 16.9. The SMILES string of the molecule is CC1(C)C2=CCc3c(c4ccccc4n3C3=CCCC(c4cc(-c5ccccc5)nc(C5C=CC=CC5)n4)=C3)C=C2c2ccccc21. The van der Waals surface area contributed by atoms with Crippen molar-refractivity contribution in [3.05, 3.63) is 167 Å². The molecule has 3 aromatic carbocycles. The van der Waals surface area contributed by atoms with E-state index in [9.17, 15) is 0 Å². The van der Waals surface area contributed by atoms with Crippen molar-refractivity contribution in [1.29, 1.82) is 0 Å². The molecule has 0 N–H and O–H groups in total. The number of hydrogen-bond acceptors (Lipinski definition) is 2. The highest BCUT2D eigenvalue weighted by Crippen LogP contribution is 2.52. The highest BCUT2D eigenvalue weighted by Gasteiger charge is 2.39. The number of allylic oxidation sites excluding steroid dienone is 11. The maximum Gasteiger partial charge on any atom is 0.136 e. The van der Waals surface area contributed by atoms with E-state index in [2.05, 4.69) is 152 Å². The van der Waals surface area contributed by atoms with Gasteiger partial charge in [-0.1, -0.05) is 123 Å². The molecule has 0 bridgehead atoms. The van der Waals surface area contributed by atoms with Gasteiger partial charge in [-0.25, -0.2) is 9.97 Å². The van der Waals surface area contributed by atoms with Gasteiger partial charge in [-0.15, -0.1) is 0 Å². The van der Waals surface area contributed by atoms with Crippen molar-refractivity contribution in [2.45, 2.75) is 50.9 Å². The number of hydrogen-bond donors (Lipinski definition) is 0. The topological polar surface area (TPSA) is 30.7 Å². The van der Waals surface area contributed by atoms with Gasteiger partial charge in [-0.05, 0) is 71.4 Å². The summed E-state index contributed by atoms with van der Waals surface area (Å²) in [4.78, 5) is 10.3. The number of fused-ring (bicyclic) bond motifs is 6. The molecule has 0 fully saturated rings. The first-order chi connectivity index (χ1) is 23.1. The van der Waals surface area contributed by atoms with Gasteiger partial charge in [0.05, 0.1) is 16.9 Å². The minimum atomic E-state index is -0.0196. The van der Waals surface area contributed by atoms with Crippen LogP contribution in [0.1, 0.15) is 72.9 Å². The second-order valence-corrected chi connectivity index (χ2v) is 13.6. The van der Waals surface area contributed by atoms with Crippen LogP contribution in [0.4, 0.5) is 0 Å². The zero-order valence-electron chi connectivity index (χ0n) is 26.9. The third-order valence-electron chi connectivity index (χ3n) is 10.5. The average molecular weight is 608 g/mol. The lowest BCUT2D eigenvalue weighted by Gasteiger charge is -2.22. The van der Waals surface area contributed by atoms with Gasteiger partial charge in [-0.2, -0.15) is 0 Å². The van der Waals surface area contributed by atoms with Gasteiger partial charge in [0, 0.05) is 45.7 Å². The highest BCUT2D eigenvalue weighted by atomic mass is 15.0. The molecule has 2 aromatic heterocycles. The van der Waals surface area contributed by atoms with Crippen LogP contribution in [0, 0.1) is 0 Å². The molecule has 0 amide bonds. The summed E-state index contributed by atoms with van der Waals surface area (Å²) in [7, 11) is 0. The monoisotopic (exact) mass is 607 g/mol. The van der Waals surface area contributed by atoms with Crippen molar-refractivity contribution in [1.82, 2.24) is 14.5 Å². The number of para-hydroxylation sites is 1. The van der Waals surface area contributed by atoms with Crippen molar-refractivity contribution in [3.63, 3.8) is 0 Å². The molecule has 228 valence electrons. The Hall–Kier alpha value is -5.28. The molecule has 0 aliphatic heterocycles. The quantitative estimate of drug-likeness (QED) is 0.203. The Labute approximate surface area is 276 Å². The number of rotatable bonds is 4. The summed E-state index contributed by atoms with van der Waals surface area (Å²) in [6.45, 7) is 4.75. The van der Waals surface area contributed by atoms with Gasteiger partial charge in [0.1, 0.15) is 5.82 Å². The van der Waals surface area contributed by atoms with Crippen molar-refractivity contribution in [3.8, 4) is 11.3 Å². The molecular formula is C44H37N3. The smallest absolute Gasteiger partial charge is 0.136 e. The van der Waals surface area contributed by atoms with Crippen LogP contribution in [0.25, 0.3) is 45.1 Å². The standard InChI is InChI=1S/C44H37N3/c1-44(2)37-22-11-9-20-33(37)35-27-36-34-21-10-12-23-41(34)47(42(36)25-24-38(35)44)32-19-13-18-31(26-32)40-28-39(29-14-5-3-6-15-29)45-43(46-40)30-16-7-4-8-17-30/h3-12,14-16,19-24,26-28,30H,13,17-18,25H2,1-2H3. The third kappa shape index (κ3) is 4.56. The number of nitrogens with zero attached hydrogens (tertiary/aromatic N) is 3. The average Bonchev–Trinajstić information content (AvgIpc) is 3.44. The molecule has 0 saturated heterocycles. The zero-order valence-corrected chi connectivity index (χ0v) is 26.9. The molecule has 9 rings (SSSR count). The van der Waals surface area contributed by atoms with Gasteiger partial charge < -0.3 is 4.57 Å². The summed E-state index contributed by atoms with van der Waals surface area (Å²) in [6.07, 6.45) is 22.2. The van der Waals surface area contributed by atoms with E-state index in [0.29, 0.717) is 0 Å². The Bertz CT molecular complexity index is 2270. The van der Waals surface area contributed by atoms with Crippen LogP contribution < -0.4 is 0 Å². The third-order valence-corrected chi connectivity index (χ3v) is 10.5. The van der Waals surface area contributed by atoms with Crippen LogP contribution in [0.5, 0.6) is 0 Å². The minimum Gasteiger partial charge on any atom is -0.313 e. The lowest BCUT2D eigenvalue weighted by molar-refractivity contribution is 0.658. The molecule has 2 heterocycles. The normalized spacial score (nSPS) is 19.2. The van der Waals surface area contributed by atoms with Gasteiger partial charge in [0.15, 0.2) is 0 Å². The highest BCUT2D eigenvalue weighted by molar-refractivity contribution is 6.05. The van der Waals surface area contributed by atoms with E-state index in [4.69, 9.17) is 9.97 Å². The fourth-order valence-electron chi connectivity index (χ4n) is 8.10. The zero-order chi connectivity index (χ0) is 31.5. The van der Waals surface area contributed by atoms with Crippen LogP contribution in [-0.4, -0.2) is 14.5 Å². The van der Waals surface area contributed by atoms with E-state index < -0.39 is 0 Å². The second-order valence-electron chi connectivity index (χ2n) is 13.6. The predicted molar refractivity (Wildman–Crippen MR) is 196 cm³/mol. The lowest BCUT2D eigenvalue weighted by atomic mass is 9.82. The van der Waals surface area contributed by atoms with Crippen molar-refractivity contribution in [2.75, 3.05) is 0 Å². The van der Waals surface area contributed by atoms with Crippen molar-refractivity contribution in [2.24, 2.45) is 0 Å². The van der Waals surface area contributed by atoms with Crippen molar-refractivity contribution < 1.29 is 0 Å². The lowest BCUT2D eigenvalue weighted by Crippen LogP contribution is -2.15. The maximum atomic E-state index is 5.24. The van der Waals surface area contributed by atoms with E-state index >= 15 is 0 Å². The van der Waals surface area contributed by atoms with E-state index in [1.165, 1.54) is 55.7 Å². The molecule has 0 radical (unpaired) electrons. The molecule has 5 aromatic rings. The molecule has 1 unspecified atom stereocenters. The van der Waals surface area contributed by atoms with Gasteiger partial charge in [-0.3, -0.25) is 0 Å². The first-order valence-corrected chi connectivity index (χ1v) is 16.9. The summed E-state index contributed by atoms with van der Waals surface area (Å²) >= 11 is 0. The largest absolute Gasteiger partial charge is 0.313 e. The minimum absolute atomic E-state index is 0.0196. The molecular weight excluding hydrogens is 571 g/mol. The summed E-state index contributed by atoms with van der Waals surface area (Å²) in [6, 6.07) is 30.6. The van der Waals surface area contributed by atoms with Crippen LogP contribution in [-0.2, 0) is 11.8 Å². The van der Waals surface area contributed by atoms with Gasteiger partial charge >= 0.3 is 0 Å². The summed E-state index contributed by atoms with van der Waals surface area (Å²) < 4.78 is 2.52. The van der Waals surface area contributed by atoms with Crippen LogP contribution in [0.2, 0.25) is 0 Å². The predicted octanol–water partition coefficient (Wildman–Crippen LogP) is 10.7. The molecule has 1 atom stereocenters. The molecule has 3 nitrogen and oxygen atoms in total. The molecule has 0 spiro atoms. The van der Waals surface area contributed by atoms with E-state index in [0.717, 1.165) is 48.5 Å². The molecule has 47 heavy (non-hydrogen) atoms. The summed E-state index contributed by atoms with van der Waals surface area (Å²) in [5.74, 6) is 1.08.